The van der Waals surface area contributed by atoms with E-state index in [1.165, 1.54) is 32.1 Å². The molecule has 2 aliphatic rings. The molecular weight excluding hydrogens is 199 g/mol. The minimum atomic E-state index is -1.01. The first-order valence-corrected chi connectivity index (χ1v) is 6.74. The first-order valence-electron chi connectivity index (χ1n) is 5.65. The molecule has 0 aromatic carbocycles. The maximum Gasteiger partial charge on any atom is 0.333 e. The fourth-order valence-electron chi connectivity index (χ4n) is 1.87. The molecule has 1 saturated heterocycles. The average Bonchev–Trinajstić information content (AvgIpc) is 2.67. The van der Waals surface area contributed by atoms with Crippen molar-refractivity contribution in [3.05, 3.63) is 0 Å². The standard InChI is InChI=1S/C10H19O3P/c1-2-9-8-11-14(12-9)13-10-6-4-3-5-7-10/h9-10H,2-8H2,1H3. The summed E-state index contributed by atoms with van der Waals surface area (Å²) in [7, 11) is -1.01. The molecule has 0 radical (unpaired) electrons. The Morgan fingerprint density at radius 2 is 2.07 bits per heavy atom. The number of rotatable bonds is 3. The van der Waals surface area contributed by atoms with Crippen molar-refractivity contribution in [1.82, 2.24) is 0 Å². The summed E-state index contributed by atoms with van der Waals surface area (Å²) in [6.07, 6.45) is 8.00. The molecule has 0 aromatic rings. The predicted molar refractivity (Wildman–Crippen MR) is 56.0 cm³/mol. The van der Waals surface area contributed by atoms with Crippen LogP contribution in [-0.4, -0.2) is 18.8 Å². The van der Waals surface area contributed by atoms with Gasteiger partial charge in [-0.3, -0.25) is 0 Å². The normalized spacial score (nSPS) is 34.9. The molecule has 4 heteroatoms. The summed E-state index contributed by atoms with van der Waals surface area (Å²) < 4.78 is 16.9. The van der Waals surface area contributed by atoms with Crippen molar-refractivity contribution in [3.63, 3.8) is 0 Å². The summed E-state index contributed by atoms with van der Waals surface area (Å²) in [5.41, 5.74) is 0. The van der Waals surface area contributed by atoms with Crippen LogP contribution < -0.4 is 0 Å². The largest absolute Gasteiger partial charge is 0.333 e. The van der Waals surface area contributed by atoms with Crippen molar-refractivity contribution in [2.45, 2.75) is 57.7 Å². The highest BCUT2D eigenvalue weighted by Gasteiger charge is 2.30. The van der Waals surface area contributed by atoms with Gasteiger partial charge in [-0.1, -0.05) is 26.2 Å². The monoisotopic (exact) mass is 218 g/mol. The lowest BCUT2D eigenvalue weighted by Crippen LogP contribution is -2.14. The molecule has 2 unspecified atom stereocenters. The van der Waals surface area contributed by atoms with Crippen LogP contribution in [0.5, 0.6) is 0 Å². The molecule has 0 spiro atoms. The van der Waals surface area contributed by atoms with E-state index in [1.54, 1.807) is 0 Å². The Bertz CT molecular complexity index is 171. The average molecular weight is 218 g/mol. The molecule has 2 rings (SSSR count). The second kappa shape index (κ2) is 5.41. The van der Waals surface area contributed by atoms with Crippen molar-refractivity contribution in [1.29, 1.82) is 0 Å². The first kappa shape index (κ1) is 10.8. The predicted octanol–water partition coefficient (Wildman–Crippen LogP) is 3.39. The summed E-state index contributed by atoms with van der Waals surface area (Å²) in [4.78, 5) is 0. The van der Waals surface area contributed by atoms with Gasteiger partial charge >= 0.3 is 8.60 Å². The van der Waals surface area contributed by atoms with Crippen LogP contribution in [0.3, 0.4) is 0 Å². The van der Waals surface area contributed by atoms with E-state index >= 15 is 0 Å². The third-order valence-electron chi connectivity index (χ3n) is 2.84. The van der Waals surface area contributed by atoms with Crippen molar-refractivity contribution in [3.8, 4) is 0 Å². The van der Waals surface area contributed by atoms with Crippen LogP contribution in [0.2, 0.25) is 0 Å². The molecule has 82 valence electrons. The van der Waals surface area contributed by atoms with Gasteiger partial charge in [-0.05, 0) is 19.3 Å². The van der Waals surface area contributed by atoms with E-state index in [2.05, 4.69) is 6.92 Å². The zero-order valence-corrected chi connectivity index (χ0v) is 9.67. The minimum absolute atomic E-state index is 0.268. The molecule has 1 saturated carbocycles. The second-order valence-electron chi connectivity index (χ2n) is 4.02. The Morgan fingerprint density at radius 1 is 1.29 bits per heavy atom. The van der Waals surface area contributed by atoms with Gasteiger partial charge in [0.25, 0.3) is 0 Å². The first-order chi connectivity index (χ1) is 6.88. The van der Waals surface area contributed by atoms with Gasteiger partial charge in [0.15, 0.2) is 0 Å². The van der Waals surface area contributed by atoms with Gasteiger partial charge < -0.3 is 13.6 Å². The summed E-state index contributed by atoms with van der Waals surface area (Å²) in [5.74, 6) is 0. The van der Waals surface area contributed by atoms with Gasteiger partial charge in [0.05, 0.1) is 18.8 Å². The fraction of sp³-hybridized carbons (Fsp3) is 1.00. The lowest BCUT2D eigenvalue weighted by Gasteiger charge is -2.23. The van der Waals surface area contributed by atoms with Crippen LogP contribution in [0.15, 0.2) is 0 Å². The molecule has 1 heterocycles. The molecule has 2 fully saturated rings. The van der Waals surface area contributed by atoms with Crippen molar-refractivity contribution < 1.29 is 13.6 Å². The highest BCUT2D eigenvalue weighted by molar-refractivity contribution is 7.42. The number of hydrogen-bond donors (Lipinski definition) is 0. The van der Waals surface area contributed by atoms with Crippen LogP contribution in [0.25, 0.3) is 0 Å². The second-order valence-corrected chi connectivity index (χ2v) is 5.15. The van der Waals surface area contributed by atoms with Crippen LogP contribution in [-0.2, 0) is 13.6 Å². The van der Waals surface area contributed by atoms with Gasteiger partial charge in [0.2, 0.25) is 0 Å². The van der Waals surface area contributed by atoms with Gasteiger partial charge in [-0.15, -0.1) is 0 Å². The lowest BCUT2D eigenvalue weighted by atomic mass is 9.98. The van der Waals surface area contributed by atoms with E-state index in [4.69, 9.17) is 13.6 Å². The molecule has 2 atom stereocenters. The maximum absolute atomic E-state index is 5.80. The smallest absolute Gasteiger partial charge is 0.309 e. The summed E-state index contributed by atoms with van der Waals surface area (Å²) in [6.45, 7) is 2.84. The number of hydrogen-bond acceptors (Lipinski definition) is 3. The molecule has 1 aliphatic carbocycles. The molecule has 3 nitrogen and oxygen atoms in total. The van der Waals surface area contributed by atoms with E-state index in [1.807, 2.05) is 0 Å². The van der Waals surface area contributed by atoms with E-state index < -0.39 is 8.60 Å². The molecule has 0 amide bonds. The molecule has 0 bridgehead atoms. The van der Waals surface area contributed by atoms with Crippen molar-refractivity contribution >= 4 is 8.60 Å². The highest BCUT2D eigenvalue weighted by atomic mass is 31.2. The maximum atomic E-state index is 5.80. The molecule has 0 aromatic heterocycles. The topological polar surface area (TPSA) is 27.7 Å². The van der Waals surface area contributed by atoms with Crippen LogP contribution in [0, 0.1) is 0 Å². The lowest BCUT2D eigenvalue weighted by molar-refractivity contribution is 0.125. The Balaban J connectivity index is 1.69. The van der Waals surface area contributed by atoms with E-state index in [-0.39, 0.29) is 6.10 Å². The van der Waals surface area contributed by atoms with Gasteiger partial charge in [-0.25, -0.2) is 0 Å². The minimum Gasteiger partial charge on any atom is -0.309 e. The third-order valence-corrected chi connectivity index (χ3v) is 4.14. The zero-order chi connectivity index (χ0) is 9.80. The molecular formula is C10H19O3P. The van der Waals surface area contributed by atoms with Crippen LogP contribution >= 0.6 is 8.60 Å². The summed E-state index contributed by atoms with van der Waals surface area (Å²) in [6, 6.07) is 0. The zero-order valence-electron chi connectivity index (χ0n) is 8.78. The van der Waals surface area contributed by atoms with Crippen LogP contribution in [0.1, 0.15) is 45.4 Å². The Hall–Kier alpha value is 0.310. The van der Waals surface area contributed by atoms with Crippen LogP contribution in [0.4, 0.5) is 0 Å². The molecule has 14 heavy (non-hydrogen) atoms. The van der Waals surface area contributed by atoms with Gasteiger partial charge in [0.1, 0.15) is 0 Å². The van der Waals surface area contributed by atoms with E-state index in [9.17, 15) is 0 Å². The van der Waals surface area contributed by atoms with Gasteiger partial charge in [0, 0.05) is 0 Å². The molecule has 1 aliphatic heterocycles. The van der Waals surface area contributed by atoms with Crippen molar-refractivity contribution in [2.24, 2.45) is 0 Å². The Labute approximate surface area is 87.1 Å². The van der Waals surface area contributed by atoms with Crippen molar-refractivity contribution in [2.75, 3.05) is 6.61 Å². The Kier molecular flexibility index (Phi) is 4.18. The quantitative estimate of drug-likeness (QED) is 0.679. The Morgan fingerprint density at radius 3 is 2.71 bits per heavy atom. The summed E-state index contributed by atoms with van der Waals surface area (Å²) >= 11 is 0. The SMILES string of the molecule is CCC1COP(OC2CCCCC2)O1. The van der Waals surface area contributed by atoms with E-state index in [0.717, 1.165) is 13.0 Å². The fourth-order valence-corrected chi connectivity index (χ4v) is 3.23. The highest BCUT2D eigenvalue weighted by Crippen LogP contribution is 2.49. The molecule has 0 N–H and O–H groups in total. The third kappa shape index (κ3) is 2.90. The van der Waals surface area contributed by atoms with E-state index in [0.29, 0.717) is 6.10 Å². The van der Waals surface area contributed by atoms with Gasteiger partial charge in [-0.2, -0.15) is 0 Å². The summed E-state index contributed by atoms with van der Waals surface area (Å²) in [5, 5.41) is 0.